The smallest absolute Gasteiger partial charge is 0.295 e. The number of imide groups is 1. The van der Waals surface area contributed by atoms with E-state index < -0.39 is 0 Å². The average Bonchev–Trinajstić information content (AvgIpc) is 3.03. The summed E-state index contributed by atoms with van der Waals surface area (Å²) in [4.78, 5) is 31.1. The topological polar surface area (TPSA) is 53.1 Å². The summed E-state index contributed by atoms with van der Waals surface area (Å²) in [5.74, 6) is 0.492. The number of anilines is 2. The molecule has 0 atom stereocenters. The van der Waals surface area contributed by atoms with Crippen LogP contribution in [0.15, 0.2) is 53.4 Å². The zero-order chi connectivity index (χ0) is 21.7. The lowest BCUT2D eigenvalue weighted by molar-refractivity contribution is -0.122. The highest BCUT2D eigenvalue weighted by atomic mass is 32.2. The Morgan fingerprint density at radius 3 is 2.13 bits per heavy atom. The number of hydrogen-bond acceptors (Lipinski definition) is 6. The van der Waals surface area contributed by atoms with Crippen LogP contribution in [0.5, 0.6) is 5.75 Å². The van der Waals surface area contributed by atoms with E-state index in [1.807, 2.05) is 60.5 Å². The van der Waals surface area contributed by atoms with Gasteiger partial charge in [-0.25, -0.2) is 4.90 Å². The van der Waals surface area contributed by atoms with Gasteiger partial charge >= 0.3 is 0 Å². The van der Waals surface area contributed by atoms with Gasteiger partial charge in [0.2, 0.25) is 0 Å². The summed E-state index contributed by atoms with van der Waals surface area (Å²) in [5.41, 5.74) is 2.94. The molecule has 6 nitrogen and oxygen atoms in total. The fourth-order valence-corrected chi connectivity index (χ4v) is 4.11. The van der Waals surface area contributed by atoms with Gasteiger partial charge in [-0.2, -0.15) is 0 Å². The van der Waals surface area contributed by atoms with Gasteiger partial charge < -0.3 is 14.5 Å². The van der Waals surface area contributed by atoms with Crippen LogP contribution in [-0.2, 0) is 4.79 Å². The Labute approximate surface area is 182 Å². The van der Waals surface area contributed by atoms with Gasteiger partial charge in [0.15, 0.2) is 0 Å². The van der Waals surface area contributed by atoms with Crippen LogP contribution in [0.4, 0.5) is 16.2 Å². The molecule has 2 amide bonds. The minimum Gasteiger partial charge on any atom is -0.497 e. The lowest BCUT2D eigenvalue weighted by Crippen LogP contribution is -2.38. The van der Waals surface area contributed by atoms with Crippen LogP contribution in [0, 0.1) is 0 Å². The van der Waals surface area contributed by atoms with Crippen molar-refractivity contribution in [2.24, 2.45) is 0 Å². The van der Waals surface area contributed by atoms with Crippen LogP contribution in [0.25, 0.3) is 6.08 Å². The normalized spacial score (nSPS) is 15.1. The summed E-state index contributed by atoms with van der Waals surface area (Å²) in [5, 5.41) is -0.258. The van der Waals surface area contributed by atoms with Crippen molar-refractivity contribution in [3.63, 3.8) is 0 Å². The summed E-state index contributed by atoms with van der Waals surface area (Å²) in [6, 6.07) is 15.5. The highest BCUT2D eigenvalue weighted by Gasteiger charge is 2.35. The number of rotatable bonds is 8. The van der Waals surface area contributed by atoms with E-state index in [0.717, 1.165) is 47.5 Å². The van der Waals surface area contributed by atoms with Crippen molar-refractivity contribution in [1.29, 1.82) is 0 Å². The predicted molar refractivity (Wildman–Crippen MR) is 124 cm³/mol. The number of carbonyl (C=O) groups is 2. The van der Waals surface area contributed by atoms with Gasteiger partial charge in [-0.05, 0) is 73.6 Å². The van der Waals surface area contributed by atoms with E-state index in [9.17, 15) is 9.59 Å². The van der Waals surface area contributed by atoms with Crippen molar-refractivity contribution in [1.82, 2.24) is 4.90 Å². The molecule has 0 aromatic heterocycles. The van der Waals surface area contributed by atoms with E-state index in [-0.39, 0.29) is 17.8 Å². The molecular formula is C23H27N3O3S. The third kappa shape index (κ3) is 4.79. The highest BCUT2D eigenvalue weighted by molar-refractivity contribution is 8.18. The van der Waals surface area contributed by atoms with Gasteiger partial charge in [-0.15, -0.1) is 0 Å². The third-order valence-corrected chi connectivity index (χ3v) is 5.97. The summed E-state index contributed by atoms with van der Waals surface area (Å²) < 4.78 is 5.17. The maximum Gasteiger partial charge on any atom is 0.295 e. The highest BCUT2D eigenvalue weighted by Crippen LogP contribution is 2.33. The first-order valence-corrected chi connectivity index (χ1v) is 10.7. The molecule has 1 aliphatic heterocycles. The second-order valence-corrected chi connectivity index (χ2v) is 7.90. The van der Waals surface area contributed by atoms with E-state index in [0.29, 0.717) is 4.91 Å². The van der Waals surface area contributed by atoms with E-state index in [1.54, 1.807) is 13.2 Å². The van der Waals surface area contributed by atoms with E-state index in [1.165, 1.54) is 4.90 Å². The van der Waals surface area contributed by atoms with Crippen molar-refractivity contribution < 1.29 is 14.3 Å². The first-order chi connectivity index (χ1) is 14.5. The van der Waals surface area contributed by atoms with Gasteiger partial charge in [0, 0.05) is 31.5 Å². The molecule has 3 rings (SSSR count). The lowest BCUT2D eigenvalue weighted by atomic mass is 10.1. The Bertz CT molecular complexity index is 922. The molecule has 1 heterocycles. The number of benzene rings is 2. The lowest BCUT2D eigenvalue weighted by Gasteiger charge is -2.24. The molecule has 30 heavy (non-hydrogen) atoms. The standard InChI is InChI=1S/C23H27N3O3S/c1-5-25(6-2)19-9-7-17(8-10-19)15-21-22(27)26(23(28)30-21)16-24(3)18-11-13-20(29-4)14-12-18/h7-15H,5-6,16H2,1-4H3/b21-15-. The Morgan fingerprint density at radius 2 is 1.57 bits per heavy atom. The number of nitrogens with zero attached hydrogens (tertiary/aromatic N) is 3. The van der Waals surface area contributed by atoms with Crippen LogP contribution < -0.4 is 14.5 Å². The number of methoxy groups -OCH3 is 1. The largest absolute Gasteiger partial charge is 0.497 e. The third-order valence-electron chi connectivity index (χ3n) is 5.06. The van der Waals surface area contributed by atoms with Crippen molar-refractivity contribution in [2.75, 3.05) is 43.7 Å². The first kappa shape index (κ1) is 21.8. The first-order valence-electron chi connectivity index (χ1n) is 9.92. The number of hydrogen-bond donors (Lipinski definition) is 0. The van der Waals surface area contributed by atoms with Gasteiger partial charge in [0.05, 0.1) is 12.0 Å². The quantitative estimate of drug-likeness (QED) is 0.573. The van der Waals surface area contributed by atoms with Crippen LogP contribution in [0.3, 0.4) is 0 Å². The molecule has 0 saturated carbocycles. The zero-order valence-electron chi connectivity index (χ0n) is 17.8. The van der Waals surface area contributed by atoms with Gasteiger partial charge in [-0.1, -0.05) is 12.1 Å². The van der Waals surface area contributed by atoms with Gasteiger partial charge in [-0.3, -0.25) is 9.59 Å². The minimum absolute atomic E-state index is 0.190. The van der Waals surface area contributed by atoms with Gasteiger partial charge in [0.1, 0.15) is 12.4 Å². The van der Waals surface area contributed by atoms with Crippen molar-refractivity contribution in [2.45, 2.75) is 13.8 Å². The average molecular weight is 426 g/mol. The summed E-state index contributed by atoms with van der Waals surface area (Å²) in [7, 11) is 3.46. The Morgan fingerprint density at radius 1 is 0.967 bits per heavy atom. The molecular weight excluding hydrogens is 398 g/mol. The second kappa shape index (κ2) is 9.71. The Hall–Kier alpha value is -2.93. The van der Waals surface area contributed by atoms with E-state index in [2.05, 4.69) is 18.7 Å². The maximum atomic E-state index is 12.8. The van der Waals surface area contributed by atoms with Crippen LogP contribution >= 0.6 is 11.8 Å². The minimum atomic E-state index is -0.266. The van der Waals surface area contributed by atoms with Crippen molar-refractivity contribution in [3.8, 4) is 5.75 Å². The number of thioether (sulfide) groups is 1. The fraction of sp³-hybridized carbons (Fsp3) is 0.304. The SMILES string of the molecule is CCN(CC)c1ccc(/C=C2\SC(=O)N(CN(C)c3ccc(OC)cc3)C2=O)cc1. The van der Waals surface area contributed by atoms with E-state index >= 15 is 0 Å². The molecule has 2 aromatic rings. The molecule has 0 aliphatic carbocycles. The fourth-order valence-electron chi connectivity index (χ4n) is 3.27. The van der Waals surface area contributed by atoms with Crippen LogP contribution in [0.2, 0.25) is 0 Å². The number of carbonyl (C=O) groups excluding carboxylic acids is 2. The summed E-state index contributed by atoms with van der Waals surface area (Å²) in [6.45, 7) is 6.31. The number of amides is 2. The molecule has 1 saturated heterocycles. The van der Waals surface area contributed by atoms with Crippen molar-refractivity contribution >= 4 is 40.4 Å². The molecule has 2 aromatic carbocycles. The maximum absolute atomic E-state index is 12.8. The molecule has 0 N–H and O–H groups in total. The second-order valence-electron chi connectivity index (χ2n) is 6.91. The van der Waals surface area contributed by atoms with Crippen LogP contribution in [-0.4, -0.2) is 50.0 Å². The molecule has 1 aliphatic rings. The molecule has 0 bridgehead atoms. The van der Waals surface area contributed by atoms with Gasteiger partial charge in [0.25, 0.3) is 11.1 Å². The molecule has 0 unspecified atom stereocenters. The molecule has 7 heteroatoms. The van der Waals surface area contributed by atoms with E-state index in [4.69, 9.17) is 4.74 Å². The monoisotopic (exact) mass is 425 g/mol. The number of ether oxygens (including phenoxy) is 1. The molecule has 158 valence electrons. The summed E-state index contributed by atoms with van der Waals surface area (Å²) >= 11 is 0.981. The Kier molecular flexibility index (Phi) is 7.05. The molecule has 0 radical (unpaired) electrons. The molecule has 1 fully saturated rings. The van der Waals surface area contributed by atoms with Crippen molar-refractivity contribution in [3.05, 3.63) is 59.0 Å². The molecule has 0 spiro atoms. The van der Waals surface area contributed by atoms with Crippen LogP contribution in [0.1, 0.15) is 19.4 Å². The predicted octanol–water partition coefficient (Wildman–Crippen LogP) is 4.67. The zero-order valence-corrected chi connectivity index (χ0v) is 18.6. The Balaban J connectivity index is 1.70. The summed E-state index contributed by atoms with van der Waals surface area (Å²) in [6.07, 6.45) is 1.78.